The quantitative estimate of drug-likeness (QED) is 0.843. The van der Waals surface area contributed by atoms with Gasteiger partial charge in [0.1, 0.15) is 5.75 Å². The van der Waals surface area contributed by atoms with Gasteiger partial charge in [-0.3, -0.25) is 4.79 Å². The topological polar surface area (TPSA) is 56.8 Å². The first-order valence-corrected chi connectivity index (χ1v) is 7.80. The Labute approximate surface area is 142 Å². The Balaban J connectivity index is 2.24. The Hall–Kier alpha value is -2.69. The number of carbonyl (C=O) groups excluding carboxylic acids is 1. The number of nitrogens with one attached hydrogen (secondary N) is 1. The molecule has 0 aliphatic rings. The van der Waals surface area contributed by atoms with Crippen molar-refractivity contribution in [3.63, 3.8) is 0 Å². The Morgan fingerprint density at radius 2 is 1.62 bits per heavy atom. The molecule has 2 aromatic rings. The highest BCUT2D eigenvalue weighted by molar-refractivity contribution is 5.97. The maximum atomic E-state index is 12.6. The first kappa shape index (κ1) is 17.7. The minimum atomic E-state index is -0.172. The molecular formula is C19H23NO4. The summed E-state index contributed by atoms with van der Waals surface area (Å²) < 4.78 is 15.9. The molecule has 128 valence electrons. The van der Waals surface area contributed by atoms with Crippen LogP contribution < -0.4 is 19.5 Å². The van der Waals surface area contributed by atoms with Crippen LogP contribution >= 0.6 is 0 Å². The molecule has 0 fully saturated rings. The summed E-state index contributed by atoms with van der Waals surface area (Å²) in [6, 6.07) is 12.7. The van der Waals surface area contributed by atoms with Gasteiger partial charge in [-0.2, -0.15) is 0 Å². The average Bonchev–Trinajstić information content (AvgIpc) is 2.65. The number of hydrogen-bond donors (Lipinski definition) is 1. The first-order chi connectivity index (χ1) is 11.6. The number of rotatable bonds is 7. The van der Waals surface area contributed by atoms with Crippen LogP contribution in [0, 0.1) is 0 Å². The van der Waals surface area contributed by atoms with Crippen LogP contribution in [0.4, 0.5) is 0 Å². The number of benzene rings is 2. The molecule has 1 atom stereocenters. The number of ether oxygens (including phenoxy) is 3. The molecule has 0 spiro atoms. The van der Waals surface area contributed by atoms with Gasteiger partial charge in [0.15, 0.2) is 11.5 Å². The molecular weight excluding hydrogens is 306 g/mol. The van der Waals surface area contributed by atoms with Gasteiger partial charge in [0.05, 0.1) is 32.9 Å². The van der Waals surface area contributed by atoms with Crippen LogP contribution in [0.5, 0.6) is 17.2 Å². The van der Waals surface area contributed by atoms with Crippen molar-refractivity contribution < 1.29 is 19.0 Å². The van der Waals surface area contributed by atoms with Crippen LogP contribution in [0.1, 0.15) is 35.3 Å². The molecule has 2 rings (SSSR count). The van der Waals surface area contributed by atoms with Gasteiger partial charge in [-0.05, 0) is 36.2 Å². The molecule has 2 aromatic carbocycles. The van der Waals surface area contributed by atoms with Gasteiger partial charge in [-0.15, -0.1) is 0 Å². The van der Waals surface area contributed by atoms with Crippen LogP contribution in [0.25, 0.3) is 0 Å². The Bertz CT molecular complexity index is 700. The van der Waals surface area contributed by atoms with Crippen molar-refractivity contribution in [1.29, 1.82) is 0 Å². The molecule has 0 saturated heterocycles. The Morgan fingerprint density at radius 1 is 0.958 bits per heavy atom. The van der Waals surface area contributed by atoms with E-state index in [9.17, 15) is 4.79 Å². The molecule has 1 amide bonds. The monoisotopic (exact) mass is 329 g/mol. The molecule has 24 heavy (non-hydrogen) atoms. The van der Waals surface area contributed by atoms with E-state index in [-0.39, 0.29) is 11.9 Å². The van der Waals surface area contributed by atoms with Crippen molar-refractivity contribution in [2.75, 3.05) is 21.3 Å². The average molecular weight is 329 g/mol. The van der Waals surface area contributed by atoms with Gasteiger partial charge in [0, 0.05) is 0 Å². The summed E-state index contributed by atoms with van der Waals surface area (Å²) in [4.78, 5) is 12.6. The largest absolute Gasteiger partial charge is 0.496 e. The van der Waals surface area contributed by atoms with Crippen molar-refractivity contribution in [3.05, 3.63) is 53.6 Å². The highest BCUT2D eigenvalue weighted by Gasteiger charge is 2.18. The molecule has 0 bridgehead atoms. The van der Waals surface area contributed by atoms with E-state index in [1.165, 1.54) is 0 Å². The molecule has 0 aromatic heterocycles. The fourth-order valence-electron chi connectivity index (χ4n) is 2.56. The summed E-state index contributed by atoms with van der Waals surface area (Å²) in [6.45, 7) is 2.02. The number of amides is 1. The summed E-state index contributed by atoms with van der Waals surface area (Å²) in [5.74, 6) is 1.68. The van der Waals surface area contributed by atoms with Crippen LogP contribution in [0.15, 0.2) is 42.5 Å². The van der Waals surface area contributed by atoms with Gasteiger partial charge < -0.3 is 19.5 Å². The maximum Gasteiger partial charge on any atom is 0.255 e. The van der Waals surface area contributed by atoms with E-state index in [0.717, 1.165) is 12.0 Å². The highest BCUT2D eigenvalue weighted by atomic mass is 16.5. The number of para-hydroxylation sites is 1. The van der Waals surface area contributed by atoms with E-state index in [2.05, 4.69) is 5.32 Å². The lowest BCUT2D eigenvalue weighted by atomic mass is 10.0. The molecule has 0 heterocycles. The second-order valence-electron chi connectivity index (χ2n) is 5.25. The Morgan fingerprint density at radius 3 is 2.25 bits per heavy atom. The summed E-state index contributed by atoms with van der Waals surface area (Å²) in [7, 11) is 4.74. The van der Waals surface area contributed by atoms with E-state index in [1.54, 1.807) is 33.5 Å². The summed E-state index contributed by atoms with van der Waals surface area (Å²) in [6.07, 6.45) is 0.746. The highest BCUT2D eigenvalue weighted by Crippen LogP contribution is 2.31. The van der Waals surface area contributed by atoms with Crippen LogP contribution in [0.3, 0.4) is 0 Å². The predicted molar refractivity (Wildman–Crippen MR) is 93.0 cm³/mol. The summed E-state index contributed by atoms with van der Waals surface area (Å²) in [5.41, 5.74) is 1.47. The third-order valence-electron chi connectivity index (χ3n) is 3.88. The lowest BCUT2D eigenvalue weighted by Gasteiger charge is -2.20. The van der Waals surface area contributed by atoms with Crippen molar-refractivity contribution in [2.24, 2.45) is 0 Å². The fourth-order valence-corrected chi connectivity index (χ4v) is 2.56. The predicted octanol–water partition coefficient (Wildman–Crippen LogP) is 3.59. The molecule has 0 saturated carbocycles. The van der Waals surface area contributed by atoms with Crippen LogP contribution in [0.2, 0.25) is 0 Å². The minimum Gasteiger partial charge on any atom is -0.496 e. The van der Waals surface area contributed by atoms with Crippen molar-refractivity contribution in [2.45, 2.75) is 19.4 Å². The van der Waals surface area contributed by atoms with Gasteiger partial charge >= 0.3 is 0 Å². The summed E-state index contributed by atoms with van der Waals surface area (Å²) >= 11 is 0. The SMILES string of the molecule is CCC(NC(=O)c1ccccc1OC)c1ccc(OC)c(OC)c1. The van der Waals surface area contributed by atoms with Gasteiger partial charge in [0.25, 0.3) is 5.91 Å². The summed E-state index contributed by atoms with van der Waals surface area (Å²) in [5, 5.41) is 3.05. The lowest BCUT2D eigenvalue weighted by Crippen LogP contribution is -2.28. The molecule has 1 unspecified atom stereocenters. The minimum absolute atomic E-state index is 0.137. The number of carbonyl (C=O) groups is 1. The zero-order valence-electron chi connectivity index (χ0n) is 14.5. The lowest BCUT2D eigenvalue weighted by molar-refractivity contribution is 0.0932. The third kappa shape index (κ3) is 3.79. The van der Waals surface area contributed by atoms with Crippen LogP contribution in [-0.2, 0) is 0 Å². The maximum absolute atomic E-state index is 12.6. The molecule has 0 aliphatic carbocycles. The molecule has 5 nitrogen and oxygen atoms in total. The van der Waals surface area contributed by atoms with Crippen molar-refractivity contribution >= 4 is 5.91 Å². The normalized spacial score (nSPS) is 11.5. The van der Waals surface area contributed by atoms with Gasteiger partial charge in [0.2, 0.25) is 0 Å². The van der Waals surface area contributed by atoms with Gasteiger partial charge in [-0.25, -0.2) is 0 Å². The third-order valence-corrected chi connectivity index (χ3v) is 3.88. The molecule has 1 N–H and O–H groups in total. The second-order valence-corrected chi connectivity index (χ2v) is 5.25. The Kier molecular flexibility index (Phi) is 6.07. The van der Waals surface area contributed by atoms with Crippen molar-refractivity contribution in [3.8, 4) is 17.2 Å². The first-order valence-electron chi connectivity index (χ1n) is 7.80. The van der Waals surface area contributed by atoms with E-state index in [4.69, 9.17) is 14.2 Å². The van der Waals surface area contributed by atoms with E-state index in [0.29, 0.717) is 22.8 Å². The number of methoxy groups -OCH3 is 3. The van der Waals surface area contributed by atoms with Crippen LogP contribution in [-0.4, -0.2) is 27.2 Å². The number of hydrogen-bond acceptors (Lipinski definition) is 4. The van der Waals surface area contributed by atoms with Gasteiger partial charge in [-0.1, -0.05) is 25.1 Å². The standard InChI is InChI=1S/C19H23NO4/c1-5-15(13-10-11-17(23-3)18(12-13)24-4)20-19(21)14-8-6-7-9-16(14)22-2/h6-12,15H,5H2,1-4H3,(H,20,21). The second kappa shape index (κ2) is 8.24. The fraction of sp³-hybridized carbons (Fsp3) is 0.316. The van der Waals surface area contributed by atoms with E-state index >= 15 is 0 Å². The van der Waals surface area contributed by atoms with E-state index < -0.39 is 0 Å². The molecule has 5 heteroatoms. The van der Waals surface area contributed by atoms with Crippen molar-refractivity contribution in [1.82, 2.24) is 5.32 Å². The molecule has 0 radical (unpaired) electrons. The smallest absolute Gasteiger partial charge is 0.255 e. The van der Waals surface area contributed by atoms with E-state index in [1.807, 2.05) is 37.3 Å². The zero-order valence-corrected chi connectivity index (χ0v) is 14.5. The molecule has 0 aliphatic heterocycles. The zero-order chi connectivity index (χ0) is 17.5.